The van der Waals surface area contributed by atoms with Gasteiger partial charge in [-0.3, -0.25) is 0 Å². The summed E-state index contributed by atoms with van der Waals surface area (Å²) in [7, 11) is 4.15. The van der Waals surface area contributed by atoms with Gasteiger partial charge in [0.15, 0.2) is 0 Å². The van der Waals surface area contributed by atoms with Crippen LogP contribution in [0, 0.1) is 6.92 Å². The minimum absolute atomic E-state index is 0.248. The predicted molar refractivity (Wildman–Crippen MR) is 107 cm³/mol. The van der Waals surface area contributed by atoms with Gasteiger partial charge in [-0.15, -0.1) is 0 Å². The number of aliphatic hydroxyl groups excluding tert-OH is 1. The summed E-state index contributed by atoms with van der Waals surface area (Å²) in [5, 5.41) is 11.2. The summed E-state index contributed by atoms with van der Waals surface area (Å²) in [5.74, 6) is 0.337. The van der Waals surface area contributed by atoms with E-state index in [1.807, 2.05) is 36.7 Å². The summed E-state index contributed by atoms with van der Waals surface area (Å²) in [4.78, 5) is 15.4. The first-order chi connectivity index (χ1) is 13.4. The van der Waals surface area contributed by atoms with Crippen LogP contribution in [0.5, 0.6) is 5.75 Å². The van der Waals surface area contributed by atoms with Crippen LogP contribution in [-0.2, 0) is 11.8 Å². The monoisotopic (exact) mass is 391 g/mol. The first-order valence-corrected chi connectivity index (χ1v) is 10.1. The van der Waals surface area contributed by atoms with Crippen molar-refractivity contribution >= 4 is 16.9 Å². The number of ether oxygens (including phenoxy) is 2. The number of nitrogens with one attached hydrogen (secondary N) is 2. The highest BCUT2D eigenvalue weighted by Gasteiger charge is 2.23. The van der Waals surface area contributed by atoms with Gasteiger partial charge in [-0.05, 0) is 32.0 Å². The van der Waals surface area contributed by atoms with E-state index in [0.717, 1.165) is 42.8 Å². The fourth-order valence-electron chi connectivity index (χ4n) is 3.92. The summed E-state index contributed by atoms with van der Waals surface area (Å²) in [6.45, 7) is 9.46. The molecule has 154 valence electrons. The molecule has 2 heterocycles. The number of esters is 1. The third-order valence-electron chi connectivity index (χ3n) is 5.72. The van der Waals surface area contributed by atoms with E-state index >= 15 is 0 Å². The molecular weight excluding hydrogens is 358 g/mol. The van der Waals surface area contributed by atoms with Crippen LogP contribution in [0.2, 0.25) is 0 Å². The van der Waals surface area contributed by atoms with Crippen molar-refractivity contribution in [2.24, 2.45) is 7.05 Å². The van der Waals surface area contributed by atoms with Crippen molar-refractivity contribution in [1.29, 1.82) is 0 Å². The standard InChI is InChI=1S/C21H31N3O4/c1-5-27-21(26)20-15(2)23(4)19-7-6-17(12-18(19)20)28-14-16(25)13-24-10-8-22(3)9-11-24/h6-7,12,16,25H,5,8-11,13-14H2,1-4H3/p+2/t16-/m0/s1. The Labute approximate surface area is 166 Å². The number of piperazine rings is 1. The van der Waals surface area contributed by atoms with Crippen molar-refractivity contribution in [3.8, 4) is 5.75 Å². The molecule has 0 unspecified atom stereocenters. The Hall–Kier alpha value is -2.09. The van der Waals surface area contributed by atoms with E-state index in [9.17, 15) is 9.90 Å². The van der Waals surface area contributed by atoms with Crippen LogP contribution in [0.3, 0.4) is 0 Å². The van der Waals surface area contributed by atoms with E-state index in [-0.39, 0.29) is 12.6 Å². The maximum atomic E-state index is 12.4. The van der Waals surface area contributed by atoms with E-state index in [1.54, 1.807) is 11.8 Å². The normalized spacial score (nSPS) is 20.9. The highest BCUT2D eigenvalue weighted by Crippen LogP contribution is 2.29. The number of likely N-dealkylation sites (N-methyl/N-ethyl adjacent to an activating group) is 1. The second-order valence-electron chi connectivity index (χ2n) is 7.79. The highest BCUT2D eigenvalue weighted by molar-refractivity contribution is 6.06. The van der Waals surface area contributed by atoms with Crippen LogP contribution in [0.25, 0.3) is 10.9 Å². The number of aliphatic hydroxyl groups is 1. The summed E-state index contributed by atoms with van der Waals surface area (Å²) in [6.07, 6.45) is -0.508. The summed E-state index contributed by atoms with van der Waals surface area (Å²) < 4.78 is 13.1. The van der Waals surface area contributed by atoms with Crippen molar-refractivity contribution in [2.75, 3.05) is 53.0 Å². The van der Waals surface area contributed by atoms with Crippen LogP contribution in [0.15, 0.2) is 18.2 Å². The lowest BCUT2D eigenvalue weighted by Gasteiger charge is -2.28. The Morgan fingerprint density at radius 3 is 2.68 bits per heavy atom. The van der Waals surface area contributed by atoms with Gasteiger partial charge in [0.05, 0.1) is 19.2 Å². The number of nitrogens with zero attached hydrogens (tertiary/aromatic N) is 1. The molecule has 0 spiro atoms. The predicted octanol–water partition coefficient (Wildman–Crippen LogP) is -1.18. The van der Waals surface area contributed by atoms with Gasteiger partial charge in [0.2, 0.25) is 0 Å². The molecule has 1 atom stereocenters. The molecule has 3 N–H and O–H groups in total. The molecule has 28 heavy (non-hydrogen) atoms. The second kappa shape index (κ2) is 8.94. The second-order valence-corrected chi connectivity index (χ2v) is 7.79. The van der Waals surface area contributed by atoms with Gasteiger partial charge < -0.3 is 28.9 Å². The molecule has 7 nitrogen and oxygen atoms in total. The first kappa shape index (κ1) is 20.6. The lowest BCUT2D eigenvalue weighted by molar-refractivity contribution is -1.00. The smallest absolute Gasteiger partial charge is 0.340 e. The Morgan fingerprint density at radius 2 is 2.00 bits per heavy atom. The molecule has 1 aromatic heterocycles. The molecule has 1 aliphatic heterocycles. The van der Waals surface area contributed by atoms with E-state index < -0.39 is 6.10 Å². The summed E-state index contributed by atoms with van der Waals surface area (Å²) >= 11 is 0. The third kappa shape index (κ3) is 4.48. The molecule has 0 radical (unpaired) electrons. The lowest BCUT2D eigenvalue weighted by Crippen LogP contribution is -3.27. The van der Waals surface area contributed by atoms with Crippen molar-refractivity contribution < 1.29 is 29.2 Å². The lowest BCUT2D eigenvalue weighted by atomic mass is 10.1. The maximum Gasteiger partial charge on any atom is 0.340 e. The number of hydrogen-bond donors (Lipinski definition) is 3. The molecule has 2 aromatic rings. The molecule has 7 heteroatoms. The number of rotatable bonds is 7. The van der Waals surface area contributed by atoms with E-state index in [1.165, 1.54) is 4.90 Å². The molecule has 1 aliphatic rings. The van der Waals surface area contributed by atoms with Crippen molar-refractivity contribution in [1.82, 2.24) is 4.57 Å². The Morgan fingerprint density at radius 1 is 1.29 bits per heavy atom. The van der Waals surface area contributed by atoms with E-state index in [2.05, 4.69) is 7.05 Å². The maximum absolute atomic E-state index is 12.4. The summed E-state index contributed by atoms with van der Waals surface area (Å²) in [6, 6.07) is 5.70. The fraction of sp³-hybridized carbons (Fsp3) is 0.571. The van der Waals surface area contributed by atoms with E-state index in [4.69, 9.17) is 9.47 Å². The first-order valence-electron chi connectivity index (χ1n) is 10.1. The van der Waals surface area contributed by atoms with Gasteiger partial charge in [-0.1, -0.05) is 0 Å². The topological polar surface area (TPSA) is 69.6 Å². The molecule has 0 bridgehead atoms. The zero-order valence-corrected chi connectivity index (χ0v) is 17.4. The number of aromatic nitrogens is 1. The van der Waals surface area contributed by atoms with Crippen LogP contribution in [0.4, 0.5) is 0 Å². The average Bonchev–Trinajstić information content (AvgIpc) is 2.92. The Balaban J connectivity index is 1.68. The molecule has 1 saturated heterocycles. The van der Waals surface area contributed by atoms with Crippen LogP contribution >= 0.6 is 0 Å². The number of benzene rings is 1. The molecule has 1 fully saturated rings. The molecule has 0 saturated carbocycles. The number of hydrogen-bond acceptors (Lipinski definition) is 4. The number of carbonyl (C=O) groups is 1. The number of fused-ring (bicyclic) bond motifs is 1. The van der Waals surface area contributed by atoms with Gasteiger partial charge in [0, 0.05) is 23.6 Å². The van der Waals surface area contributed by atoms with Gasteiger partial charge in [-0.25, -0.2) is 4.79 Å². The largest absolute Gasteiger partial charge is 0.491 e. The fourth-order valence-corrected chi connectivity index (χ4v) is 3.92. The summed E-state index contributed by atoms with van der Waals surface area (Å²) in [5.41, 5.74) is 2.40. The van der Waals surface area contributed by atoms with Crippen LogP contribution < -0.4 is 14.5 Å². The number of carbonyl (C=O) groups excluding carboxylic acids is 1. The minimum Gasteiger partial charge on any atom is -0.491 e. The van der Waals surface area contributed by atoms with Crippen LogP contribution in [0.1, 0.15) is 23.0 Å². The van der Waals surface area contributed by atoms with Crippen molar-refractivity contribution in [2.45, 2.75) is 20.0 Å². The third-order valence-corrected chi connectivity index (χ3v) is 5.72. The van der Waals surface area contributed by atoms with Crippen molar-refractivity contribution in [3.63, 3.8) is 0 Å². The minimum atomic E-state index is -0.508. The Bertz CT molecular complexity index is 825. The van der Waals surface area contributed by atoms with E-state index in [0.29, 0.717) is 24.5 Å². The Kier molecular flexibility index (Phi) is 6.59. The SMILES string of the molecule is CCOC(=O)c1c(C)n(C)c2ccc(OC[C@@H](O)C[NH+]3CC[NH+](C)CC3)cc12. The zero-order valence-electron chi connectivity index (χ0n) is 17.4. The van der Waals surface area contributed by atoms with Gasteiger partial charge in [0.1, 0.15) is 51.2 Å². The average molecular weight is 392 g/mol. The molecule has 0 aliphatic carbocycles. The molecule has 3 rings (SSSR count). The van der Waals surface area contributed by atoms with Gasteiger partial charge in [-0.2, -0.15) is 0 Å². The van der Waals surface area contributed by atoms with Gasteiger partial charge in [0.25, 0.3) is 0 Å². The quantitative estimate of drug-likeness (QED) is 0.520. The number of aryl methyl sites for hydroxylation is 1. The number of quaternary nitrogens is 2. The molecule has 1 aromatic carbocycles. The van der Waals surface area contributed by atoms with Crippen molar-refractivity contribution in [3.05, 3.63) is 29.5 Å². The molecular formula is C21H33N3O4+2. The van der Waals surface area contributed by atoms with Gasteiger partial charge >= 0.3 is 5.97 Å². The van der Waals surface area contributed by atoms with Crippen LogP contribution in [-0.4, -0.2) is 74.7 Å². The molecule has 0 amide bonds. The zero-order chi connectivity index (χ0) is 20.3. The highest BCUT2D eigenvalue weighted by atomic mass is 16.5.